The molecule has 2 amide bonds. The summed E-state index contributed by atoms with van der Waals surface area (Å²) in [6.45, 7) is 2.81. The SMILES string of the molecule is CC(=O)N[C@@H](CC(=O)N1CCC[C@H](c2nc3ccccc3o2)C1)c1cccs1. The first-order chi connectivity index (χ1) is 13.6. The van der Waals surface area contributed by atoms with Gasteiger partial charge in [0.1, 0.15) is 5.52 Å². The molecule has 146 valence electrons. The molecule has 0 aliphatic carbocycles. The van der Waals surface area contributed by atoms with Crippen LogP contribution in [-0.4, -0.2) is 34.8 Å². The minimum atomic E-state index is -0.283. The fourth-order valence-corrected chi connectivity index (χ4v) is 4.51. The van der Waals surface area contributed by atoms with Gasteiger partial charge < -0.3 is 14.6 Å². The molecule has 28 heavy (non-hydrogen) atoms. The summed E-state index contributed by atoms with van der Waals surface area (Å²) in [6, 6.07) is 11.3. The van der Waals surface area contributed by atoms with Crippen LogP contribution in [0.15, 0.2) is 46.2 Å². The molecule has 6 nitrogen and oxygen atoms in total. The van der Waals surface area contributed by atoms with Crippen LogP contribution in [0.25, 0.3) is 11.1 Å². The fourth-order valence-electron chi connectivity index (χ4n) is 3.73. The summed E-state index contributed by atoms with van der Waals surface area (Å²) in [5.74, 6) is 0.726. The number of thiophene rings is 1. The Bertz CT molecular complexity index is 933. The normalized spacial score (nSPS) is 18.2. The average molecular weight is 398 g/mol. The second kappa shape index (κ2) is 8.14. The van der Waals surface area contributed by atoms with E-state index >= 15 is 0 Å². The number of piperidine rings is 1. The van der Waals surface area contributed by atoms with Crippen molar-refractivity contribution in [1.29, 1.82) is 0 Å². The highest BCUT2D eigenvalue weighted by atomic mass is 32.1. The van der Waals surface area contributed by atoms with E-state index in [4.69, 9.17) is 4.42 Å². The van der Waals surface area contributed by atoms with E-state index in [1.54, 1.807) is 11.3 Å². The lowest BCUT2D eigenvalue weighted by Crippen LogP contribution is -2.41. The van der Waals surface area contributed by atoms with Crippen LogP contribution in [0.5, 0.6) is 0 Å². The molecule has 4 rings (SSSR count). The summed E-state index contributed by atoms with van der Waals surface area (Å²) >= 11 is 1.55. The highest BCUT2D eigenvalue weighted by molar-refractivity contribution is 7.10. The molecule has 0 bridgehead atoms. The van der Waals surface area contributed by atoms with Gasteiger partial charge in [-0.2, -0.15) is 0 Å². The lowest BCUT2D eigenvalue weighted by Gasteiger charge is -2.32. The molecule has 1 aliphatic heterocycles. The molecule has 1 saturated heterocycles. The molecule has 1 aliphatic rings. The van der Waals surface area contributed by atoms with E-state index in [1.807, 2.05) is 46.7 Å². The predicted octanol–water partition coefficient (Wildman–Crippen LogP) is 3.86. The predicted molar refractivity (Wildman–Crippen MR) is 108 cm³/mol. The molecule has 1 aromatic carbocycles. The van der Waals surface area contributed by atoms with Gasteiger partial charge in [-0.25, -0.2) is 4.98 Å². The van der Waals surface area contributed by atoms with E-state index in [0.29, 0.717) is 12.4 Å². The summed E-state index contributed by atoms with van der Waals surface area (Å²) < 4.78 is 5.92. The van der Waals surface area contributed by atoms with E-state index in [9.17, 15) is 9.59 Å². The number of carbonyl (C=O) groups excluding carboxylic acids is 2. The van der Waals surface area contributed by atoms with E-state index < -0.39 is 0 Å². The quantitative estimate of drug-likeness (QED) is 0.709. The van der Waals surface area contributed by atoms with Crippen LogP contribution in [0.3, 0.4) is 0 Å². The highest BCUT2D eigenvalue weighted by Crippen LogP contribution is 2.30. The number of para-hydroxylation sites is 2. The molecular weight excluding hydrogens is 374 g/mol. The van der Waals surface area contributed by atoms with Crippen molar-refractivity contribution < 1.29 is 14.0 Å². The minimum Gasteiger partial charge on any atom is -0.440 e. The number of oxazole rings is 1. The van der Waals surface area contributed by atoms with Gasteiger partial charge in [-0.3, -0.25) is 9.59 Å². The lowest BCUT2D eigenvalue weighted by molar-refractivity contribution is -0.133. The van der Waals surface area contributed by atoms with Crippen LogP contribution in [-0.2, 0) is 9.59 Å². The van der Waals surface area contributed by atoms with Crippen molar-refractivity contribution in [1.82, 2.24) is 15.2 Å². The Morgan fingerprint density at radius 2 is 2.18 bits per heavy atom. The Kier molecular flexibility index (Phi) is 5.43. The molecule has 1 N–H and O–H groups in total. The number of likely N-dealkylation sites (tertiary alicyclic amines) is 1. The maximum absolute atomic E-state index is 13.0. The molecule has 7 heteroatoms. The summed E-state index contributed by atoms with van der Waals surface area (Å²) in [5.41, 5.74) is 1.63. The van der Waals surface area contributed by atoms with Gasteiger partial charge in [0.05, 0.1) is 18.4 Å². The fraction of sp³-hybridized carbons (Fsp3) is 0.381. The minimum absolute atomic E-state index is 0.0490. The van der Waals surface area contributed by atoms with Gasteiger partial charge >= 0.3 is 0 Å². The van der Waals surface area contributed by atoms with Crippen molar-refractivity contribution in [2.24, 2.45) is 0 Å². The summed E-state index contributed by atoms with van der Waals surface area (Å²) in [6.07, 6.45) is 2.13. The first kappa shape index (κ1) is 18.7. The molecular formula is C21H23N3O3S. The Morgan fingerprint density at radius 3 is 2.93 bits per heavy atom. The molecule has 1 fully saturated rings. The molecule has 2 aromatic heterocycles. The van der Waals surface area contributed by atoms with Crippen LogP contribution in [0, 0.1) is 0 Å². The van der Waals surface area contributed by atoms with Crippen LogP contribution in [0.1, 0.15) is 48.9 Å². The van der Waals surface area contributed by atoms with E-state index in [1.165, 1.54) is 6.92 Å². The number of carbonyl (C=O) groups is 2. The van der Waals surface area contributed by atoms with Crippen molar-refractivity contribution in [2.45, 2.75) is 38.1 Å². The number of amides is 2. The Balaban J connectivity index is 1.45. The summed E-state index contributed by atoms with van der Waals surface area (Å²) in [7, 11) is 0. The molecule has 0 radical (unpaired) electrons. The summed E-state index contributed by atoms with van der Waals surface area (Å²) in [4.78, 5) is 32.0. The maximum Gasteiger partial charge on any atom is 0.225 e. The average Bonchev–Trinajstić information content (AvgIpc) is 3.37. The molecule has 2 atom stereocenters. The zero-order valence-corrected chi connectivity index (χ0v) is 16.6. The zero-order chi connectivity index (χ0) is 19.5. The van der Waals surface area contributed by atoms with Crippen LogP contribution < -0.4 is 5.32 Å². The van der Waals surface area contributed by atoms with Crippen molar-refractivity contribution in [2.75, 3.05) is 13.1 Å². The standard InChI is InChI=1S/C21H23N3O3S/c1-14(25)22-17(19-9-5-11-28-19)12-20(26)24-10-4-6-15(13-24)21-23-16-7-2-3-8-18(16)27-21/h2-3,5,7-9,11,15,17H,4,6,10,12-13H2,1H3,(H,22,25)/t15-,17-/m0/s1. The number of hydrogen-bond donors (Lipinski definition) is 1. The number of nitrogens with zero attached hydrogens (tertiary/aromatic N) is 2. The van der Waals surface area contributed by atoms with Gasteiger partial charge in [0, 0.05) is 24.9 Å². The number of fused-ring (bicyclic) bond motifs is 1. The van der Waals surface area contributed by atoms with E-state index in [2.05, 4.69) is 10.3 Å². The zero-order valence-electron chi connectivity index (χ0n) is 15.8. The first-order valence-corrected chi connectivity index (χ1v) is 10.4. The van der Waals surface area contributed by atoms with Crippen molar-refractivity contribution in [3.63, 3.8) is 0 Å². The molecule has 0 spiro atoms. The number of hydrogen-bond acceptors (Lipinski definition) is 5. The van der Waals surface area contributed by atoms with Gasteiger partial charge in [-0.05, 0) is 36.4 Å². The topological polar surface area (TPSA) is 75.4 Å². The number of aromatic nitrogens is 1. The molecule has 0 unspecified atom stereocenters. The Labute approximate surface area is 167 Å². The van der Waals surface area contributed by atoms with E-state index in [-0.39, 0.29) is 30.2 Å². The second-order valence-corrected chi connectivity index (χ2v) is 8.15. The smallest absolute Gasteiger partial charge is 0.225 e. The third-order valence-corrected chi connectivity index (χ3v) is 6.06. The third kappa shape index (κ3) is 4.09. The first-order valence-electron chi connectivity index (χ1n) is 9.54. The van der Waals surface area contributed by atoms with E-state index in [0.717, 1.165) is 35.4 Å². The summed E-state index contributed by atoms with van der Waals surface area (Å²) in [5, 5.41) is 4.86. The van der Waals surface area contributed by atoms with Gasteiger partial charge in [0.25, 0.3) is 0 Å². The van der Waals surface area contributed by atoms with Gasteiger partial charge in [-0.15, -0.1) is 11.3 Å². The Morgan fingerprint density at radius 1 is 1.32 bits per heavy atom. The third-order valence-electron chi connectivity index (χ3n) is 5.08. The largest absolute Gasteiger partial charge is 0.440 e. The number of nitrogens with one attached hydrogen (secondary N) is 1. The number of benzene rings is 1. The van der Waals surface area contributed by atoms with Crippen molar-refractivity contribution in [3.05, 3.63) is 52.5 Å². The van der Waals surface area contributed by atoms with Crippen molar-refractivity contribution in [3.8, 4) is 0 Å². The lowest BCUT2D eigenvalue weighted by atomic mass is 9.97. The second-order valence-electron chi connectivity index (χ2n) is 7.17. The van der Waals surface area contributed by atoms with Gasteiger partial charge in [-0.1, -0.05) is 18.2 Å². The van der Waals surface area contributed by atoms with Crippen LogP contribution >= 0.6 is 11.3 Å². The Hall–Kier alpha value is -2.67. The van der Waals surface area contributed by atoms with Crippen molar-refractivity contribution >= 4 is 34.3 Å². The molecule has 3 aromatic rings. The molecule has 0 saturated carbocycles. The highest BCUT2D eigenvalue weighted by Gasteiger charge is 2.29. The number of rotatable bonds is 5. The van der Waals surface area contributed by atoms with Crippen LogP contribution in [0.2, 0.25) is 0 Å². The maximum atomic E-state index is 13.0. The van der Waals surface area contributed by atoms with Gasteiger partial charge in [0.15, 0.2) is 11.5 Å². The monoisotopic (exact) mass is 397 g/mol. The van der Waals surface area contributed by atoms with Crippen LogP contribution in [0.4, 0.5) is 0 Å². The molecule has 3 heterocycles. The van der Waals surface area contributed by atoms with Gasteiger partial charge in [0.2, 0.25) is 11.8 Å².